The number of aromatic nitrogens is 5. The highest BCUT2D eigenvalue weighted by atomic mass is 16.1. The summed E-state index contributed by atoms with van der Waals surface area (Å²) in [4.78, 5) is 27.9. The minimum absolute atomic E-state index is 0.0199. The third-order valence-corrected chi connectivity index (χ3v) is 8.93. The molecule has 0 bridgehead atoms. The van der Waals surface area contributed by atoms with Crippen molar-refractivity contribution in [2.24, 2.45) is 18.9 Å². The number of rotatable bonds is 10. The zero-order valence-corrected chi connectivity index (χ0v) is 25.1. The van der Waals surface area contributed by atoms with Gasteiger partial charge in [-0.1, -0.05) is 36.4 Å². The van der Waals surface area contributed by atoms with E-state index in [1.165, 1.54) is 0 Å². The van der Waals surface area contributed by atoms with Crippen molar-refractivity contribution in [3.63, 3.8) is 0 Å². The zero-order valence-electron chi connectivity index (χ0n) is 25.1. The maximum absolute atomic E-state index is 13.8. The van der Waals surface area contributed by atoms with Crippen LogP contribution in [0.3, 0.4) is 0 Å². The van der Waals surface area contributed by atoms with Crippen LogP contribution < -0.4 is 16.0 Å². The van der Waals surface area contributed by atoms with Crippen molar-refractivity contribution in [1.82, 2.24) is 35.4 Å². The predicted molar refractivity (Wildman–Crippen MR) is 168 cm³/mol. The van der Waals surface area contributed by atoms with Crippen molar-refractivity contribution in [1.29, 1.82) is 5.26 Å². The van der Waals surface area contributed by atoms with E-state index in [1.807, 2.05) is 68.1 Å². The van der Waals surface area contributed by atoms with Gasteiger partial charge in [-0.2, -0.15) is 10.4 Å². The molecule has 44 heavy (non-hydrogen) atoms. The first-order valence-electron chi connectivity index (χ1n) is 15.6. The lowest BCUT2D eigenvalue weighted by Crippen LogP contribution is -2.35. The molecule has 1 aromatic carbocycles. The normalized spacial score (nSPS) is 20.5. The van der Waals surface area contributed by atoms with E-state index in [0.29, 0.717) is 23.8 Å². The fraction of sp³-hybridized carbons (Fsp3) is 0.412. The number of nitrogens with zero attached hydrogens (tertiary/aromatic N) is 6. The molecule has 10 nitrogen and oxygen atoms in total. The number of nitriles is 1. The molecular weight excluding hydrogens is 550 g/mol. The average Bonchev–Trinajstić information content (AvgIpc) is 3.74. The lowest BCUT2D eigenvalue weighted by molar-refractivity contribution is -0.124. The third kappa shape index (κ3) is 7.12. The van der Waals surface area contributed by atoms with Crippen LogP contribution in [0.15, 0.2) is 67.3 Å². The SMILES string of the molecule is Cn1cc(-c2ccc(C(C(=O)NCc3ccccc3)C3CCC(Cc4ncc(C#N)c(NC5CCNC5)n4)CC3)nc2)cn1. The summed E-state index contributed by atoms with van der Waals surface area (Å²) in [7, 11) is 1.90. The van der Waals surface area contributed by atoms with E-state index in [0.717, 1.165) is 79.8 Å². The van der Waals surface area contributed by atoms with Crippen LogP contribution in [0.5, 0.6) is 0 Å². The highest BCUT2D eigenvalue weighted by Crippen LogP contribution is 2.39. The lowest BCUT2D eigenvalue weighted by atomic mass is 9.73. The van der Waals surface area contributed by atoms with Crippen molar-refractivity contribution in [3.05, 3.63) is 89.9 Å². The molecule has 0 radical (unpaired) electrons. The fourth-order valence-electron chi connectivity index (χ4n) is 6.48. The molecule has 0 spiro atoms. The van der Waals surface area contributed by atoms with E-state index in [9.17, 15) is 10.1 Å². The van der Waals surface area contributed by atoms with E-state index in [2.05, 4.69) is 32.1 Å². The number of anilines is 1. The number of aryl methyl sites for hydroxylation is 1. The highest BCUT2D eigenvalue weighted by molar-refractivity contribution is 5.83. The number of amides is 1. The number of carbonyl (C=O) groups is 1. The van der Waals surface area contributed by atoms with Gasteiger partial charge in [0.15, 0.2) is 0 Å². The first-order chi connectivity index (χ1) is 21.6. The topological polar surface area (TPSA) is 133 Å². The largest absolute Gasteiger partial charge is 0.365 e. The Morgan fingerprint density at radius 1 is 1.05 bits per heavy atom. The smallest absolute Gasteiger partial charge is 0.229 e. The van der Waals surface area contributed by atoms with Gasteiger partial charge in [0.2, 0.25) is 5.91 Å². The van der Waals surface area contributed by atoms with Gasteiger partial charge < -0.3 is 16.0 Å². The molecule has 2 aliphatic rings. The molecule has 1 saturated carbocycles. The Morgan fingerprint density at radius 3 is 2.57 bits per heavy atom. The predicted octanol–water partition coefficient (Wildman–Crippen LogP) is 4.37. The van der Waals surface area contributed by atoms with Crippen LogP contribution in [-0.4, -0.2) is 49.8 Å². The van der Waals surface area contributed by atoms with Crippen LogP contribution in [0.4, 0.5) is 5.82 Å². The molecule has 3 aromatic heterocycles. The quantitative estimate of drug-likeness (QED) is 0.248. The second-order valence-corrected chi connectivity index (χ2v) is 12.0. The summed E-state index contributed by atoms with van der Waals surface area (Å²) in [5, 5.41) is 23.8. The van der Waals surface area contributed by atoms with Crippen molar-refractivity contribution in [2.45, 2.75) is 57.0 Å². The summed E-state index contributed by atoms with van der Waals surface area (Å²) in [6.07, 6.45) is 12.9. The van der Waals surface area contributed by atoms with Crippen molar-refractivity contribution in [2.75, 3.05) is 18.4 Å². The number of carbonyl (C=O) groups excluding carboxylic acids is 1. The van der Waals surface area contributed by atoms with Gasteiger partial charge in [-0.05, 0) is 62.1 Å². The van der Waals surface area contributed by atoms with E-state index in [-0.39, 0.29) is 23.8 Å². The summed E-state index contributed by atoms with van der Waals surface area (Å²) in [5.41, 5.74) is 4.34. The van der Waals surface area contributed by atoms with Crippen molar-refractivity contribution >= 4 is 11.7 Å². The molecule has 2 fully saturated rings. The van der Waals surface area contributed by atoms with E-state index in [1.54, 1.807) is 10.9 Å². The molecule has 6 rings (SSSR count). The Balaban J connectivity index is 1.14. The molecule has 1 saturated heterocycles. The Kier molecular flexibility index (Phi) is 9.22. The molecule has 226 valence electrons. The second kappa shape index (κ2) is 13.8. The Bertz CT molecular complexity index is 1580. The number of benzene rings is 1. The van der Waals surface area contributed by atoms with Crippen molar-refractivity contribution < 1.29 is 4.79 Å². The van der Waals surface area contributed by atoms with Crippen LogP contribution in [0.1, 0.15) is 60.7 Å². The zero-order chi connectivity index (χ0) is 30.3. The summed E-state index contributed by atoms with van der Waals surface area (Å²) in [6, 6.07) is 16.5. The van der Waals surface area contributed by atoms with Crippen LogP contribution >= 0.6 is 0 Å². The van der Waals surface area contributed by atoms with Gasteiger partial charge in [0.05, 0.1) is 24.0 Å². The number of hydrogen-bond donors (Lipinski definition) is 3. The minimum atomic E-state index is -0.329. The molecule has 2 unspecified atom stereocenters. The maximum atomic E-state index is 13.8. The van der Waals surface area contributed by atoms with Gasteiger partial charge in [-0.25, -0.2) is 9.97 Å². The maximum Gasteiger partial charge on any atom is 0.229 e. The summed E-state index contributed by atoms with van der Waals surface area (Å²) < 4.78 is 1.77. The monoisotopic (exact) mass is 589 g/mol. The first kappa shape index (κ1) is 29.5. The molecule has 1 aliphatic carbocycles. The standard InChI is InChI=1S/C34H39N9O/c1-43-22-28(20-40-43)26-11-12-30(37-18-26)32(34(44)39-17-24-5-3-2-4-6-24)25-9-7-23(8-10-25)15-31-38-19-27(16-35)33(42-31)41-29-13-14-36-21-29/h2-6,11-12,18-20,22-23,25,29,32,36H,7-10,13-15,17,21H2,1H3,(H,39,44)(H,38,41,42). The van der Waals surface area contributed by atoms with Crippen LogP contribution in [0.25, 0.3) is 11.1 Å². The molecular formula is C34H39N9O. The molecule has 4 aromatic rings. The average molecular weight is 590 g/mol. The third-order valence-electron chi connectivity index (χ3n) is 8.93. The molecule has 1 amide bonds. The van der Waals surface area contributed by atoms with Gasteiger partial charge in [0.25, 0.3) is 0 Å². The first-order valence-corrected chi connectivity index (χ1v) is 15.6. The molecule has 4 heterocycles. The van der Waals surface area contributed by atoms with E-state index < -0.39 is 0 Å². The van der Waals surface area contributed by atoms with E-state index in [4.69, 9.17) is 9.97 Å². The van der Waals surface area contributed by atoms with Gasteiger partial charge in [-0.3, -0.25) is 14.5 Å². The Morgan fingerprint density at radius 2 is 1.89 bits per heavy atom. The van der Waals surface area contributed by atoms with Crippen LogP contribution in [-0.2, 0) is 24.8 Å². The Labute approximate surface area is 258 Å². The molecule has 10 heteroatoms. The number of pyridine rings is 1. The van der Waals surface area contributed by atoms with Crippen LogP contribution in [0, 0.1) is 23.2 Å². The Hall–Kier alpha value is -4.62. The molecule has 1 aliphatic heterocycles. The summed E-state index contributed by atoms with van der Waals surface area (Å²) in [6.45, 7) is 2.33. The molecule has 2 atom stereocenters. The summed E-state index contributed by atoms with van der Waals surface area (Å²) >= 11 is 0. The summed E-state index contributed by atoms with van der Waals surface area (Å²) in [5.74, 6) is 1.71. The minimum Gasteiger partial charge on any atom is -0.365 e. The molecule has 3 N–H and O–H groups in total. The van der Waals surface area contributed by atoms with Gasteiger partial charge in [0, 0.05) is 56.1 Å². The second-order valence-electron chi connectivity index (χ2n) is 12.0. The van der Waals surface area contributed by atoms with Gasteiger partial charge in [0.1, 0.15) is 23.3 Å². The van der Waals surface area contributed by atoms with Crippen molar-refractivity contribution in [3.8, 4) is 17.2 Å². The highest BCUT2D eigenvalue weighted by Gasteiger charge is 2.34. The van der Waals surface area contributed by atoms with Gasteiger partial charge in [-0.15, -0.1) is 0 Å². The van der Waals surface area contributed by atoms with Crippen LogP contribution in [0.2, 0.25) is 0 Å². The number of hydrogen-bond acceptors (Lipinski definition) is 8. The number of nitrogens with one attached hydrogen (secondary N) is 3. The van der Waals surface area contributed by atoms with Gasteiger partial charge >= 0.3 is 0 Å². The lowest BCUT2D eigenvalue weighted by Gasteiger charge is -2.33. The fourth-order valence-corrected chi connectivity index (χ4v) is 6.48. The van der Waals surface area contributed by atoms with E-state index >= 15 is 0 Å².